The number of carbonyl (C=O) groups is 2. The summed E-state index contributed by atoms with van der Waals surface area (Å²) in [7, 11) is 0. The van der Waals surface area contributed by atoms with Crippen molar-refractivity contribution in [3.05, 3.63) is 29.8 Å². The fourth-order valence-corrected chi connectivity index (χ4v) is 1.94. The van der Waals surface area contributed by atoms with Crippen LogP contribution in [0.4, 0.5) is 13.2 Å². The van der Waals surface area contributed by atoms with Gasteiger partial charge in [-0.2, -0.15) is 13.2 Å². The number of rotatable bonds is 4. The third-order valence-electron chi connectivity index (χ3n) is 3.08. The zero-order valence-corrected chi connectivity index (χ0v) is 12.0. The van der Waals surface area contributed by atoms with Crippen LogP contribution >= 0.6 is 0 Å². The Morgan fingerprint density at radius 1 is 1.30 bits per heavy atom. The molecule has 1 fully saturated rings. The molecule has 0 radical (unpaired) electrons. The first-order chi connectivity index (χ1) is 10.9. The lowest BCUT2D eigenvalue weighted by Gasteiger charge is -2.12. The molecule has 1 atom stereocenters. The number of alkyl halides is 3. The van der Waals surface area contributed by atoms with E-state index in [1.54, 1.807) is 0 Å². The van der Waals surface area contributed by atoms with Gasteiger partial charge in [0.1, 0.15) is 11.9 Å². The van der Waals surface area contributed by atoms with Gasteiger partial charge in [0.15, 0.2) is 6.61 Å². The summed E-state index contributed by atoms with van der Waals surface area (Å²) in [6, 6.07) is 4.16. The summed E-state index contributed by atoms with van der Waals surface area (Å²) in [4.78, 5) is 23.1. The zero-order chi connectivity index (χ0) is 16.9. The van der Waals surface area contributed by atoms with Gasteiger partial charge < -0.3 is 9.47 Å². The molecule has 126 valence electrons. The number of hydrogen-bond acceptors (Lipinski definition) is 4. The van der Waals surface area contributed by atoms with Crippen LogP contribution < -0.4 is 15.6 Å². The van der Waals surface area contributed by atoms with Crippen molar-refractivity contribution in [1.29, 1.82) is 0 Å². The highest BCUT2D eigenvalue weighted by Gasteiger charge is 2.30. The third kappa shape index (κ3) is 5.13. The van der Waals surface area contributed by atoms with E-state index in [0.29, 0.717) is 13.0 Å². The van der Waals surface area contributed by atoms with Crippen molar-refractivity contribution in [2.24, 2.45) is 0 Å². The predicted octanol–water partition coefficient (Wildman–Crippen LogP) is 1.41. The second-order valence-electron chi connectivity index (χ2n) is 4.85. The second-order valence-corrected chi connectivity index (χ2v) is 4.85. The molecule has 1 aromatic rings. The first kappa shape index (κ1) is 17.1. The molecule has 0 aromatic heterocycles. The maximum absolute atomic E-state index is 12.5. The molecular formula is C14H15F3N2O4. The molecule has 1 aromatic carbocycles. The van der Waals surface area contributed by atoms with Crippen LogP contribution in [0.1, 0.15) is 18.4 Å². The fraction of sp³-hybridized carbons (Fsp3) is 0.429. The molecular weight excluding hydrogens is 317 g/mol. The molecule has 1 unspecified atom stereocenters. The van der Waals surface area contributed by atoms with E-state index in [1.807, 2.05) is 0 Å². The van der Waals surface area contributed by atoms with Crippen molar-refractivity contribution < 1.29 is 32.2 Å². The van der Waals surface area contributed by atoms with Gasteiger partial charge in [0, 0.05) is 6.61 Å². The molecule has 1 heterocycles. The van der Waals surface area contributed by atoms with Crippen molar-refractivity contribution in [3.8, 4) is 5.75 Å². The van der Waals surface area contributed by atoms with Gasteiger partial charge in [0.05, 0.1) is 5.56 Å². The molecule has 1 saturated heterocycles. The molecule has 0 aliphatic carbocycles. The lowest BCUT2D eigenvalue weighted by Crippen LogP contribution is -2.47. The smallest absolute Gasteiger partial charge is 0.416 e. The lowest BCUT2D eigenvalue weighted by atomic mass is 10.2. The Morgan fingerprint density at radius 2 is 2.09 bits per heavy atom. The van der Waals surface area contributed by atoms with Crippen molar-refractivity contribution in [2.75, 3.05) is 13.2 Å². The highest BCUT2D eigenvalue weighted by molar-refractivity contribution is 5.85. The minimum atomic E-state index is -4.49. The van der Waals surface area contributed by atoms with Crippen LogP contribution in [0.5, 0.6) is 5.75 Å². The number of halogens is 3. The molecule has 1 aliphatic rings. The van der Waals surface area contributed by atoms with E-state index in [9.17, 15) is 22.8 Å². The number of benzene rings is 1. The van der Waals surface area contributed by atoms with Gasteiger partial charge in [-0.15, -0.1) is 0 Å². The highest BCUT2D eigenvalue weighted by atomic mass is 19.4. The Balaban J connectivity index is 1.77. The van der Waals surface area contributed by atoms with Gasteiger partial charge in [-0.05, 0) is 31.0 Å². The van der Waals surface area contributed by atoms with Gasteiger partial charge in [0.2, 0.25) is 0 Å². The topological polar surface area (TPSA) is 76.7 Å². The summed E-state index contributed by atoms with van der Waals surface area (Å²) in [5.41, 5.74) is 3.41. The number of hydrazine groups is 1. The first-order valence-electron chi connectivity index (χ1n) is 6.86. The standard InChI is InChI=1S/C14H15F3N2O4/c15-14(16,17)9-3-1-4-10(7-9)23-8-12(20)18-19-13(21)11-5-2-6-22-11/h1,3-4,7,11H,2,5-6,8H2,(H,18,20)(H,19,21). The van der Waals surface area contributed by atoms with Crippen molar-refractivity contribution in [2.45, 2.75) is 25.1 Å². The van der Waals surface area contributed by atoms with E-state index in [0.717, 1.165) is 18.6 Å². The van der Waals surface area contributed by atoms with Gasteiger partial charge >= 0.3 is 6.18 Å². The Labute approximate surface area is 129 Å². The van der Waals surface area contributed by atoms with Gasteiger partial charge in [-0.25, -0.2) is 0 Å². The molecule has 6 nitrogen and oxygen atoms in total. The fourth-order valence-electron chi connectivity index (χ4n) is 1.94. The SMILES string of the molecule is O=C(COc1cccc(C(F)(F)F)c1)NNC(=O)C1CCCO1. The Hall–Kier alpha value is -2.29. The molecule has 23 heavy (non-hydrogen) atoms. The molecule has 0 saturated carbocycles. The van der Waals surface area contributed by atoms with Crippen LogP contribution in [0.25, 0.3) is 0 Å². The largest absolute Gasteiger partial charge is 0.484 e. The van der Waals surface area contributed by atoms with Gasteiger partial charge in [-0.1, -0.05) is 6.07 Å². The molecule has 2 N–H and O–H groups in total. The van der Waals surface area contributed by atoms with E-state index in [2.05, 4.69) is 10.9 Å². The van der Waals surface area contributed by atoms with E-state index >= 15 is 0 Å². The van der Waals surface area contributed by atoms with E-state index in [-0.39, 0.29) is 5.75 Å². The normalized spacial score (nSPS) is 17.6. The molecule has 2 rings (SSSR count). The lowest BCUT2D eigenvalue weighted by molar-refractivity contribution is -0.137. The summed E-state index contributed by atoms with van der Waals surface area (Å²) in [6.45, 7) is -0.0438. The Bertz CT molecular complexity index is 571. The second kappa shape index (κ2) is 7.32. The van der Waals surface area contributed by atoms with E-state index < -0.39 is 36.3 Å². The molecule has 0 bridgehead atoms. The van der Waals surface area contributed by atoms with Crippen molar-refractivity contribution in [1.82, 2.24) is 10.9 Å². The van der Waals surface area contributed by atoms with Crippen molar-refractivity contribution >= 4 is 11.8 Å². The van der Waals surface area contributed by atoms with Crippen LogP contribution in [-0.2, 0) is 20.5 Å². The Morgan fingerprint density at radius 3 is 2.74 bits per heavy atom. The number of ether oxygens (including phenoxy) is 2. The number of carbonyl (C=O) groups excluding carboxylic acids is 2. The van der Waals surface area contributed by atoms with E-state index in [4.69, 9.17) is 9.47 Å². The van der Waals surface area contributed by atoms with Gasteiger partial charge in [-0.3, -0.25) is 20.4 Å². The average molecular weight is 332 g/mol. The summed E-state index contributed by atoms with van der Waals surface area (Å²) >= 11 is 0. The average Bonchev–Trinajstić information content (AvgIpc) is 3.04. The maximum atomic E-state index is 12.5. The Kier molecular flexibility index (Phi) is 5.43. The summed E-state index contributed by atoms with van der Waals surface area (Å²) < 4.78 is 47.7. The third-order valence-corrected chi connectivity index (χ3v) is 3.08. The first-order valence-corrected chi connectivity index (χ1v) is 6.86. The molecule has 9 heteroatoms. The number of amides is 2. The molecule has 2 amide bonds. The number of hydrogen-bond donors (Lipinski definition) is 2. The van der Waals surface area contributed by atoms with Crippen LogP contribution in [0, 0.1) is 0 Å². The quantitative estimate of drug-likeness (QED) is 0.818. The monoisotopic (exact) mass is 332 g/mol. The maximum Gasteiger partial charge on any atom is 0.416 e. The van der Waals surface area contributed by atoms with Crippen LogP contribution in [0.2, 0.25) is 0 Å². The van der Waals surface area contributed by atoms with Crippen LogP contribution in [0.15, 0.2) is 24.3 Å². The number of nitrogens with one attached hydrogen (secondary N) is 2. The minimum absolute atomic E-state index is 0.0968. The summed E-state index contributed by atoms with van der Waals surface area (Å²) in [5, 5.41) is 0. The summed E-state index contributed by atoms with van der Waals surface area (Å²) in [5.74, 6) is -1.27. The molecule has 0 spiro atoms. The van der Waals surface area contributed by atoms with Crippen molar-refractivity contribution in [3.63, 3.8) is 0 Å². The predicted molar refractivity (Wildman–Crippen MR) is 72.2 cm³/mol. The highest BCUT2D eigenvalue weighted by Crippen LogP contribution is 2.31. The van der Waals surface area contributed by atoms with Gasteiger partial charge in [0.25, 0.3) is 11.8 Å². The van der Waals surface area contributed by atoms with Crippen LogP contribution in [0.3, 0.4) is 0 Å². The zero-order valence-electron chi connectivity index (χ0n) is 12.0. The van der Waals surface area contributed by atoms with Crippen LogP contribution in [-0.4, -0.2) is 31.1 Å². The molecule has 1 aliphatic heterocycles. The van der Waals surface area contributed by atoms with E-state index in [1.165, 1.54) is 12.1 Å². The summed E-state index contributed by atoms with van der Waals surface area (Å²) in [6.07, 6.45) is -3.75. The minimum Gasteiger partial charge on any atom is -0.484 e.